The Kier molecular flexibility index (Phi) is 4.81. The van der Waals surface area contributed by atoms with Crippen LogP contribution in [0.1, 0.15) is 11.1 Å². The molecule has 0 spiro atoms. The largest absolute Gasteiger partial charge is 0.492 e. The van der Waals surface area contributed by atoms with Gasteiger partial charge in [0.05, 0.1) is 6.54 Å². The molecule has 0 aliphatic rings. The van der Waals surface area contributed by atoms with Crippen molar-refractivity contribution in [3.8, 4) is 5.75 Å². The van der Waals surface area contributed by atoms with Gasteiger partial charge in [0.15, 0.2) is 0 Å². The van der Waals surface area contributed by atoms with Gasteiger partial charge < -0.3 is 10.1 Å². The molecule has 5 heteroatoms. The maximum absolute atomic E-state index is 11.8. The van der Waals surface area contributed by atoms with Crippen molar-refractivity contribution < 1.29 is 17.9 Å². The Morgan fingerprint density at radius 1 is 1.12 bits per heavy atom. The van der Waals surface area contributed by atoms with Crippen molar-refractivity contribution in [1.82, 2.24) is 5.32 Å². The third-order valence-corrected chi connectivity index (χ3v) is 2.07. The van der Waals surface area contributed by atoms with Crippen LogP contribution < -0.4 is 10.1 Å². The van der Waals surface area contributed by atoms with Gasteiger partial charge in [-0.05, 0) is 37.1 Å². The van der Waals surface area contributed by atoms with E-state index in [0.717, 1.165) is 11.1 Å². The maximum Gasteiger partial charge on any atom is 0.401 e. The molecule has 1 rings (SSSR count). The van der Waals surface area contributed by atoms with Crippen LogP contribution in [-0.4, -0.2) is 25.9 Å². The highest BCUT2D eigenvalue weighted by molar-refractivity contribution is 5.32. The quantitative estimate of drug-likeness (QED) is 0.808. The summed E-state index contributed by atoms with van der Waals surface area (Å²) in [6.45, 7) is 3.30. The molecule has 1 aromatic rings. The van der Waals surface area contributed by atoms with Gasteiger partial charge in [0, 0.05) is 6.54 Å². The third kappa shape index (κ3) is 6.16. The zero-order valence-electron chi connectivity index (χ0n) is 9.90. The number of halogens is 3. The van der Waals surface area contributed by atoms with E-state index in [4.69, 9.17) is 4.74 Å². The molecule has 0 unspecified atom stereocenters. The van der Waals surface area contributed by atoms with Gasteiger partial charge in [-0.3, -0.25) is 0 Å². The van der Waals surface area contributed by atoms with Crippen LogP contribution in [0.5, 0.6) is 5.75 Å². The lowest BCUT2D eigenvalue weighted by Crippen LogP contribution is -2.31. The first-order valence-corrected chi connectivity index (χ1v) is 5.35. The summed E-state index contributed by atoms with van der Waals surface area (Å²) in [5.74, 6) is 0.691. The number of hydrogen-bond acceptors (Lipinski definition) is 2. The Labute approximate surface area is 98.8 Å². The average molecular weight is 247 g/mol. The van der Waals surface area contributed by atoms with E-state index < -0.39 is 12.7 Å². The molecule has 0 radical (unpaired) electrons. The first kappa shape index (κ1) is 13.8. The molecule has 0 amide bonds. The number of hydrogen-bond donors (Lipinski definition) is 1. The lowest BCUT2D eigenvalue weighted by molar-refractivity contribution is -0.124. The molecule has 96 valence electrons. The summed E-state index contributed by atoms with van der Waals surface area (Å²) in [5.41, 5.74) is 2.14. The van der Waals surface area contributed by atoms with Gasteiger partial charge in [-0.25, -0.2) is 0 Å². The zero-order valence-corrected chi connectivity index (χ0v) is 9.90. The van der Waals surface area contributed by atoms with E-state index in [1.807, 2.05) is 32.0 Å². The maximum atomic E-state index is 11.8. The second kappa shape index (κ2) is 5.91. The van der Waals surface area contributed by atoms with Gasteiger partial charge in [-0.15, -0.1) is 0 Å². The van der Waals surface area contributed by atoms with E-state index in [9.17, 15) is 13.2 Å². The van der Waals surface area contributed by atoms with E-state index in [1.165, 1.54) is 0 Å². The van der Waals surface area contributed by atoms with Gasteiger partial charge in [-0.1, -0.05) is 6.07 Å². The van der Waals surface area contributed by atoms with Crippen LogP contribution in [0, 0.1) is 13.8 Å². The van der Waals surface area contributed by atoms with Gasteiger partial charge in [0.1, 0.15) is 12.4 Å². The van der Waals surface area contributed by atoms with Gasteiger partial charge >= 0.3 is 6.18 Å². The number of aryl methyl sites for hydroxylation is 2. The summed E-state index contributed by atoms with van der Waals surface area (Å²) in [7, 11) is 0. The number of benzene rings is 1. The molecule has 0 aliphatic carbocycles. The first-order chi connectivity index (χ1) is 7.87. The van der Waals surface area contributed by atoms with Crippen molar-refractivity contribution in [3.63, 3.8) is 0 Å². The van der Waals surface area contributed by atoms with Crippen LogP contribution in [0.3, 0.4) is 0 Å². The van der Waals surface area contributed by atoms with Crippen molar-refractivity contribution >= 4 is 0 Å². The highest BCUT2D eigenvalue weighted by Crippen LogP contribution is 2.16. The van der Waals surface area contributed by atoms with E-state index in [0.29, 0.717) is 5.75 Å². The molecule has 1 aromatic carbocycles. The molecular formula is C12H16F3NO. The highest BCUT2D eigenvalue weighted by atomic mass is 19.4. The normalized spacial score (nSPS) is 11.6. The topological polar surface area (TPSA) is 21.3 Å². The molecule has 0 heterocycles. The van der Waals surface area contributed by atoms with Gasteiger partial charge in [0.25, 0.3) is 0 Å². The molecule has 0 bridgehead atoms. The number of alkyl halides is 3. The fourth-order valence-electron chi connectivity index (χ4n) is 1.49. The summed E-state index contributed by atoms with van der Waals surface area (Å²) in [6, 6.07) is 5.72. The van der Waals surface area contributed by atoms with Crippen molar-refractivity contribution in [3.05, 3.63) is 29.3 Å². The minimum absolute atomic E-state index is 0.173. The summed E-state index contributed by atoms with van der Waals surface area (Å²) in [4.78, 5) is 0. The fourth-order valence-corrected chi connectivity index (χ4v) is 1.49. The van der Waals surface area contributed by atoms with E-state index in [1.54, 1.807) is 0 Å². The summed E-state index contributed by atoms with van der Waals surface area (Å²) < 4.78 is 40.8. The number of rotatable bonds is 5. The van der Waals surface area contributed by atoms with E-state index >= 15 is 0 Å². The molecule has 0 saturated carbocycles. The Bertz CT molecular complexity index is 343. The minimum Gasteiger partial charge on any atom is -0.492 e. The van der Waals surface area contributed by atoms with Gasteiger partial charge in [-0.2, -0.15) is 13.2 Å². The van der Waals surface area contributed by atoms with Crippen LogP contribution in [0.2, 0.25) is 0 Å². The predicted octanol–water partition coefficient (Wildman–Crippen LogP) is 2.83. The molecule has 17 heavy (non-hydrogen) atoms. The van der Waals surface area contributed by atoms with Crippen molar-refractivity contribution in [2.24, 2.45) is 0 Å². The Morgan fingerprint density at radius 3 is 2.24 bits per heavy atom. The molecule has 0 aliphatic heterocycles. The summed E-state index contributed by atoms with van der Waals surface area (Å²) >= 11 is 0. The van der Waals surface area contributed by atoms with Crippen molar-refractivity contribution in [2.75, 3.05) is 19.7 Å². The van der Waals surface area contributed by atoms with Crippen LogP contribution in [0.4, 0.5) is 13.2 Å². The molecular weight excluding hydrogens is 231 g/mol. The molecule has 1 N–H and O–H groups in total. The first-order valence-electron chi connectivity index (χ1n) is 5.35. The van der Waals surface area contributed by atoms with Crippen molar-refractivity contribution in [1.29, 1.82) is 0 Å². The Balaban J connectivity index is 2.27. The Morgan fingerprint density at radius 2 is 1.71 bits per heavy atom. The van der Waals surface area contributed by atoms with Crippen LogP contribution in [0.15, 0.2) is 18.2 Å². The number of nitrogens with one attached hydrogen (secondary N) is 1. The van der Waals surface area contributed by atoms with Crippen LogP contribution in [-0.2, 0) is 0 Å². The molecule has 0 saturated heterocycles. The zero-order chi connectivity index (χ0) is 12.9. The highest BCUT2D eigenvalue weighted by Gasteiger charge is 2.25. The number of ether oxygens (including phenoxy) is 1. The molecule has 0 fully saturated rings. The fraction of sp³-hybridized carbons (Fsp3) is 0.500. The van der Waals surface area contributed by atoms with E-state index in [2.05, 4.69) is 5.32 Å². The van der Waals surface area contributed by atoms with Crippen LogP contribution >= 0.6 is 0 Å². The third-order valence-electron chi connectivity index (χ3n) is 2.07. The minimum atomic E-state index is -4.17. The summed E-state index contributed by atoms with van der Waals surface area (Å²) in [6.07, 6.45) is -4.17. The lowest BCUT2D eigenvalue weighted by atomic mass is 10.1. The summed E-state index contributed by atoms with van der Waals surface area (Å²) in [5, 5.41) is 2.27. The molecule has 2 nitrogen and oxygen atoms in total. The Hall–Kier alpha value is -1.23. The second-order valence-corrected chi connectivity index (χ2v) is 3.96. The van der Waals surface area contributed by atoms with Crippen LogP contribution in [0.25, 0.3) is 0 Å². The molecule has 0 atom stereocenters. The van der Waals surface area contributed by atoms with Crippen molar-refractivity contribution in [2.45, 2.75) is 20.0 Å². The standard InChI is InChI=1S/C12H16F3NO/c1-9-5-10(2)7-11(6-9)17-4-3-16-8-12(13,14)15/h5-7,16H,3-4,8H2,1-2H3. The SMILES string of the molecule is Cc1cc(C)cc(OCCNCC(F)(F)F)c1. The molecule has 0 aromatic heterocycles. The average Bonchev–Trinajstić information content (AvgIpc) is 2.13. The smallest absolute Gasteiger partial charge is 0.401 e. The monoisotopic (exact) mass is 247 g/mol. The second-order valence-electron chi connectivity index (χ2n) is 3.96. The predicted molar refractivity (Wildman–Crippen MR) is 60.3 cm³/mol. The van der Waals surface area contributed by atoms with E-state index in [-0.39, 0.29) is 13.2 Å². The van der Waals surface area contributed by atoms with Gasteiger partial charge in [0.2, 0.25) is 0 Å². The lowest BCUT2D eigenvalue weighted by Gasteiger charge is -2.10.